The van der Waals surface area contributed by atoms with E-state index in [-0.39, 0.29) is 5.63 Å². The minimum atomic E-state index is -0.349. The molecule has 0 atom stereocenters. The number of aryl methyl sites for hydroxylation is 1. The van der Waals surface area contributed by atoms with E-state index in [0.29, 0.717) is 10.7 Å². The maximum atomic E-state index is 11.5. The molecule has 0 aliphatic rings. The third-order valence-electron chi connectivity index (χ3n) is 3.92. The number of hydrazone groups is 1. The van der Waals surface area contributed by atoms with E-state index in [1.165, 1.54) is 17.4 Å². The normalized spacial score (nSPS) is 11.3. The van der Waals surface area contributed by atoms with Crippen LogP contribution in [0.2, 0.25) is 0 Å². The van der Waals surface area contributed by atoms with Gasteiger partial charge in [-0.3, -0.25) is 5.43 Å². The van der Waals surface area contributed by atoms with Crippen LogP contribution < -0.4 is 11.1 Å². The number of thiazole rings is 1. The minimum absolute atomic E-state index is 0.349. The van der Waals surface area contributed by atoms with Crippen molar-refractivity contribution in [2.45, 2.75) is 6.92 Å². The van der Waals surface area contributed by atoms with Crippen LogP contribution >= 0.6 is 11.3 Å². The number of nitrogens with one attached hydrogen (secondary N) is 1. The van der Waals surface area contributed by atoms with E-state index >= 15 is 0 Å². The first-order valence-corrected chi connectivity index (χ1v) is 8.91. The summed E-state index contributed by atoms with van der Waals surface area (Å²) in [5.41, 5.74) is 6.86. The predicted octanol–water partition coefficient (Wildman–Crippen LogP) is 4.67. The van der Waals surface area contributed by atoms with Crippen molar-refractivity contribution < 1.29 is 4.42 Å². The maximum absolute atomic E-state index is 11.5. The predicted molar refractivity (Wildman–Crippen MR) is 106 cm³/mol. The van der Waals surface area contributed by atoms with E-state index in [1.807, 2.05) is 54.8 Å². The number of anilines is 1. The Hall–Kier alpha value is -3.25. The summed E-state index contributed by atoms with van der Waals surface area (Å²) in [5.74, 6) is 0. The molecule has 0 bridgehead atoms. The van der Waals surface area contributed by atoms with Crippen LogP contribution in [0.15, 0.2) is 74.3 Å². The Labute approximate surface area is 153 Å². The van der Waals surface area contributed by atoms with Crippen LogP contribution in [0.1, 0.15) is 11.1 Å². The van der Waals surface area contributed by atoms with Gasteiger partial charge in [-0.2, -0.15) is 5.10 Å². The van der Waals surface area contributed by atoms with Gasteiger partial charge in [0.2, 0.25) is 5.13 Å². The molecule has 0 fully saturated rings. The van der Waals surface area contributed by atoms with Gasteiger partial charge in [-0.1, -0.05) is 42.5 Å². The minimum Gasteiger partial charge on any atom is -0.423 e. The fourth-order valence-electron chi connectivity index (χ4n) is 2.65. The molecule has 2 aromatic heterocycles. The molecule has 0 radical (unpaired) electrons. The van der Waals surface area contributed by atoms with Crippen molar-refractivity contribution >= 4 is 33.7 Å². The first-order chi connectivity index (χ1) is 12.7. The second-order valence-electron chi connectivity index (χ2n) is 5.78. The molecule has 6 heteroatoms. The molecule has 5 nitrogen and oxygen atoms in total. The van der Waals surface area contributed by atoms with Crippen molar-refractivity contribution in [3.8, 4) is 11.3 Å². The van der Waals surface area contributed by atoms with Crippen LogP contribution in [0.25, 0.3) is 22.2 Å². The average molecular weight is 361 g/mol. The summed E-state index contributed by atoms with van der Waals surface area (Å²) >= 11 is 1.49. The third-order valence-corrected chi connectivity index (χ3v) is 4.67. The topological polar surface area (TPSA) is 67.5 Å². The summed E-state index contributed by atoms with van der Waals surface area (Å²) in [4.78, 5) is 16.0. The summed E-state index contributed by atoms with van der Waals surface area (Å²) in [6, 6.07) is 17.1. The summed E-state index contributed by atoms with van der Waals surface area (Å²) in [5, 5.41) is 7.84. The quantitative estimate of drug-likeness (QED) is 0.326. The molecule has 4 aromatic rings. The Kier molecular flexibility index (Phi) is 4.33. The van der Waals surface area contributed by atoms with E-state index < -0.39 is 0 Å². The molecule has 4 rings (SSSR count). The smallest absolute Gasteiger partial charge is 0.336 e. The van der Waals surface area contributed by atoms with Crippen LogP contribution in [0.3, 0.4) is 0 Å². The van der Waals surface area contributed by atoms with Gasteiger partial charge in [-0.25, -0.2) is 9.78 Å². The lowest BCUT2D eigenvalue weighted by Gasteiger charge is -2.01. The molecule has 0 spiro atoms. The zero-order valence-corrected chi connectivity index (χ0v) is 14.8. The van der Waals surface area contributed by atoms with Crippen LogP contribution in [0.5, 0.6) is 0 Å². The van der Waals surface area contributed by atoms with Crippen molar-refractivity contribution in [1.29, 1.82) is 0 Å². The Morgan fingerprint density at radius 3 is 2.85 bits per heavy atom. The first kappa shape index (κ1) is 16.2. The van der Waals surface area contributed by atoms with Crippen LogP contribution in [0, 0.1) is 6.92 Å². The van der Waals surface area contributed by atoms with Crippen molar-refractivity contribution in [1.82, 2.24) is 4.98 Å². The standard InChI is InChI=1S/C20H15N3O2S/c1-13-9-19(24)25-18-10-14(7-8-16(13)18)11-21-23-20-22-17(12-26-20)15-5-3-2-4-6-15/h2-12H,1H3,(H,22,23). The molecule has 128 valence electrons. The lowest BCUT2D eigenvalue weighted by molar-refractivity contribution is 0.560. The Balaban J connectivity index is 1.51. The monoisotopic (exact) mass is 361 g/mol. The summed E-state index contributed by atoms with van der Waals surface area (Å²) in [7, 11) is 0. The average Bonchev–Trinajstić information content (AvgIpc) is 3.11. The van der Waals surface area contributed by atoms with Crippen LogP contribution in [-0.4, -0.2) is 11.2 Å². The largest absolute Gasteiger partial charge is 0.423 e. The van der Waals surface area contributed by atoms with Gasteiger partial charge in [0.15, 0.2) is 0 Å². The molecular formula is C20H15N3O2S. The highest BCUT2D eigenvalue weighted by Gasteiger charge is 2.04. The fraction of sp³-hybridized carbons (Fsp3) is 0.0500. The SMILES string of the molecule is Cc1cc(=O)oc2cc(C=NNc3nc(-c4ccccc4)cs3)ccc12. The molecule has 0 aliphatic heterocycles. The number of fused-ring (bicyclic) bond motifs is 1. The van der Waals surface area contributed by atoms with E-state index in [0.717, 1.165) is 27.8 Å². The van der Waals surface area contributed by atoms with Gasteiger partial charge in [0, 0.05) is 22.4 Å². The summed E-state index contributed by atoms with van der Waals surface area (Å²) < 4.78 is 5.25. The number of benzene rings is 2. The number of aromatic nitrogens is 1. The summed E-state index contributed by atoms with van der Waals surface area (Å²) in [6.07, 6.45) is 1.67. The second-order valence-corrected chi connectivity index (χ2v) is 6.64. The van der Waals surface area contributed by atoms with Crippen molar-refractivity contribution in [2.24, 2.45) is 5.10 Å². The molecular weight excluding hydrogens is 346 g/mol. The van der Waals surface area contributed by atoms with Gasteiger partial charge in [0.05, 0.1) is 11.9 Å². The van der Waals surface area contributed by atoms with E-state index in [1.54, 1.807) is 12.3 Å². The molecule has 0 saturated carbocycles. The van der Waals surface area contributed by atoms with Crippen molar-refractivity contribution in [2.75, 3.05) is 5.43 Å². The van der Waals surface area contributed by atoms with Crippen molar-refractivity contribution in [3.05, 3.63) is 81.5 Å². The van der Waals surface area contributed by atoms with E-state index in [4.69, 9.17) is 4.42 Å². The molecule has 0 aliphatic carbocycles. The number of rotatable bonds is 4. The molecule has 26 heavy (non-hydrogen) atoms. The Morgan fingerprint density at radius 1 is 1.15 bits per heavy atom. The highest BCUT2D eigenvalue weighted by Crippen LogP contribution is 2.24. The highest BCUT2D eigenvalue weighted by atomic mass is 32.1. The number of hydrogen-bond acceptors (Lipinski definition) is 6. The third kappa shape index (κ3) is 3.41. The second kappa shape index (κ2) is 6.93. The Bertz CT molecular complexity index is 1150. The van der Waals surface area contributed by atoms with Gasteiger partial charge < -0.3 is 4.42 Å². The Morgan fingerprint density at radius 2 is 2.00 bits per heavy atom. The molecule has 1 N–H and O–H groups in total. The maximum Gasteiger partial charge on any atom is 0.336 e. The first-order valence-electron chi connectivity index (χ1n) is 8.03. The van der Waals surface area contributed by atoms with Crippen LogP contribution in [-0.2, 0) is 0 Å². The van der Waals surface area contributed by atoms with Gasteiger partial charge in [-0.15, -0.1) is 11.3 Å². The molecule has 0 amide bonds. The van der Waals surface area contributed by atoms with Crippen molar-refractivity contribution in [3.63, 3.8) is 0 Å². The number of nitrogens with zero attached hydrogens (tertiary/aromatic N) is 2. The van der Waals surface area contributed by atoms with Gasteiger partial charge in [0.1, 0.15) is 5.58 Å². The molecule has 2 heterocycles. The molecule has 0 unspecified atom stereocenters. The van der Waals surface area contributed by atoms with Crippen LogP contribution in [0.4, 0.5) is 5.13 Å². The fourth-order valence-corrected chi connectivity index (χ4v) is 3.32. The number of hydrogen-bond donors (Lipinski definition) is 1. The molecule has 0 saturated heterocycles. The zero-order valence-electron chi connectivity index (χ0n) is 14.0. The molecule has 2 aromatic carbocycles. The summed E-state index contributed by atoms with van der Waals surface area (Å²) in [6.45, 7) is 1.89. The van der Waals surface area contributed by atoms with Gasteiger partial charge in [-0.05, 0) is 24.1 Å². The highest BCUT2D eigenvalue weighted by molar-refractivity contribution is 7.14. The van der Waals surface area contributed by atoms with E-state index in [9.17, 15) is 4.79 Å². The van der Waals surface area contributed by atoms with Gasteiger partial charge in [0.25, 0.3) is 0 Å². The zero-order chi connectivity index (χ0) is 17.9. The van der Waals surface area contributed by atoms with E-state index in [2.05, 4.69) is 15.5 Å². The van der Waals surface area contributed by atoms with Gasteiger partial charge >= 0.3 is 5.63 Å². The lowest BCUT2D eigenvalue weighted by atomic mass is 10.1. The lowest BCUT2D eigenvalue weighted by Crippen LogP contribution is -1.98.